The fourth-order valence-corrected chi connectivity index (χ4v) is 4.09. The summed E-state index contributed by atoms with van der Waals surface area (Å²) in [6.07, 6.45) is 1.00. The normalized spacial score (nSPS) is 12.0. The molecule has 0 saturated heterocycles. The van der Waals surface area contributed by atoms with Gasteiger partial charge in [-0.15, -0.1) is 0 Å². The molecule has 2 aromatic rings. The zero-order chi connectivity index (χ0) is 23.2. The number of likely N-dealkylation sites (N-methyl/N-ethyl adjacent to an activating group) is 1. The fourth-order valence-electron chi connectivity index (χ4n) is 3.00. The summed E-state index contributed by atoms with van der Waals surface area (Å²) >= 11 is 6.15. The van der Waals surface area contributed by atoms with Crippen LogP contribution in [0.15, 0.2) is 48.5 Å². The Bertz CT molecular complexity index is 1030. The van der Waals surface area contributed by atoms with Crippen molar-refractivity contribution in [3.63, 3.8) is 0 Å². The van der Waals surface area contributed by atoms with Crippen molar-refractivity contribution in [3.05, 3.63) is 59.1 Å². The number of ether oxygens (including phenoxy) is 1. The van der Waals surface area contributed by atoms with Crippen LogP contribution in [0.2, 0.25) is 5.02 Å². The number of benzene rings is 2. The molecular weight excluding hydrogens is 442 g/mol. The third-order valence-electron chi connectivity index (χ3n) is 4.71. The highest BCUT2D eigenvalue weighted by Gasteiger charge is 2.29. The van der Waals surface area contributed by atoms with Crippen molar-refractivity contribution in [2.24, 2.45) is 0 Å². The van der Waals surface area contributed by atoms with Gasteiger partial charge in [-0.1, -0.05) is 41.9 Å². The first-order chi connectivity index (χ1) is 14.6. The van der Waals surface area contributed by atoms with E-state index in [-0.39, 0.29) is 23.2 Å². The maximum Gasteiger partial charge on any atom is 0.244 e. The summed E-state index contributed by atoms with van der Waals surface area (Å²) in [5.74, 6) is -0.510. The summed E-state index contributed by atoms with van der Waals surface area (Å²) < 4.78 is 31.0. The minimum absolute atomic E-state index is 0.148. The van der Waals surface area contributed by atoms with Crippen LogP contribution < -0.4 is 14.4 Å². The van der Waals surface area contributed by atoms with Gasteiger partial charge in [0.2, 0.25) is 21.8 Å². The lowest BCUT2D eigenvalue weighted by Crippen LogP contribution is -2.50. The SMILES string of the molecule is CNC(=O)[C@@H](C)N(Cc1ccccc1)C(=O)CN(c1ccc(OC)c(Cl)c1)S(C)(=O)=O. The number of carbonyl (C=O) groups is 2. The van der Waals surface area contributed by atoms with Gasteiger partial charge in [0, 0.05) is 13.6 Å². The second-order valence-corrected chi connectivity index (χ2v) is 9.20. The lowest BCUT2D eigenvalue weighted by molar-refractivity contribution is -0.139. The number of nitrogens with one attached hydrogen (secondary N) is 1. The molecule has 31 heavy (non-hydrogen) atoms. The third-order valence-corrected chi connectivity index (χ3v) is 6.15. The van der Waals surface area contributed by atoms with E-state index in [2.05, 4.69) is 5.32 Å². The van der Waals surface area contributed by atoms with E-state index in [0.29, 0.717) is 5.75 Å². The second-order valence-electron chi connectivity index (χ2n) is 6.89. The molecule has 0 heterocycles. The highest BCUT2D eigenvalue weighted by molar-refractivity contribution is 7.92. The molecule has 0 aliphatic heterocycles. The highest BCUT2D eigenvalue weighted by atomic mass is 35.5. The number of carbonyl (C=O) groups excluding carboxylic acids is 2. The number of amides is 2. The van der Waals surface area contributed by atoms with Crippen molar-refractivity contribution in [1.82, 2.24) is 10.2 Å². The molecule has 2 rings (SSSR count). The van der Waals surface area contributed by atoms with Gasteiger partial charge >= 0.3 is 0 Å². The molecule has 0 aliphatic carbocycles. The first kappa shape index (κ1) is 24.5. The Morgan fingerprint density at radius 3 is 2.32 bits per heavy atom. The first-order valence-corrected chi connectivity index (χ1v) is 11.7. The molecule has 0 fully saturated rings. The highest BCUT2D eigenvalue weighted by Crippen LogP contribution is 2.30. The third kappa shape index (κ3) is 6.35. The largest absolute Gasteiger partial charge is 0.495 e. The topological polar surface area (TPSA) is 96.0 Å². The van der Waals surface area contributed by atoms with E-state index in [9.17, 15) is 18.0 Å². The van der Waals surface area contributed by atoms with Gasteiger partial charge in [-0.3, -0.25) is 13.9 Å². The lowest BCUT2D eigenvalue weighted by atomic mass is 10.1. The van der Waals surface area contributed by atoms with Gasteiger partial charge in [-0.2, -0.15) is 0 Å². The van der Waals surface area contributed by atoms with Crippen LogP contribution in [0.5, 0.6) is 5.75 Å². The van der Waals surface area contributed by atoms with Gasteiger partial charge in [0.05, 0.1) is 24.1 Å². The lowest BCUT2D eigenvalue weighted by Gasteiger charge is -2.31. The van der Waals surface area contributed by atoms with E-state index < -0.39 is 28.5 Å². The van der Waals surface area contributed by atoms with E-state index in [4.69, 9.17) is 16.3 Å². The summed E-state index contributed by atoms with van der Waals surface area (Å²) in [5.41, 5.74) is 1.03. The number of hydrogen-bond acceptors (Lipinski definition) is 5. The first-order valence-electron chi connectivity index (χ1n) is 9.44. The Balaban J connectivity index is 2.38. The molecule has 2 amide bonds. The average molecular weight is 468 g/mol. The van der Waals surface area contributed by atoms with Crippen LogP contribution in [0.3, 0.4) is 0 Å². The summed E-state index contributed by atoms with van der Waals surface area (Å²) in [7, 11) is -0.898. The molecule has 0 aromatic heterocycles. The Morgan fingerprint density at radius 2 is 1.81 bits per heavy atom. The van der Waals surface area contributed by atoms with Gasteiger partial charge in [-0.25, -0.2) is 8.42 Å². The van der Waals surface area contributed by atoms with Gasteiger partial charge in [-0.05, 0) is 30.7 Å². The standard InChI is InChI=1S/C21H26ClN3O5S/c1-15(21(27)23-2)24(13-16-8-6-5-7-9-16)20(26)14-25(31(4,28)29)17-10-11-19(30-3)18(22)12-17/h5-12,15H,13-14H2,1-4H3,(H,23,27)/t15-/m1/s1. The summed E-state index contributed by atoms with van der Waals surface area (Å²) in [6, 6.07) is 12.8. The Morgan fingerprint density at radius 1 is 1.16 bits per heavy atom. The summed E-state index contributed by atoms with van der Waals surface area (Å²) in [6.45, 7) is 1.25. The fraction of sp³-hybridized carbons (Fsp3) is 0.333. The van der Waals surface area contributed by atoms with Crippen molar-refractivity contribution in [3.8, 4) is 5.75 Å². The van der Waals surface area contributed by atoms with E-state index in [1.165, 1.54) is 37.3 Å². The Labute approximate surface area is 187 Å². The number of sulfonamides is 1. The van der Waals surface area contributed by atoms with E-state index in [1.54, 1.807) is 6.92 Å². The molecule has 0 radical (unpaired) electrons. The minimum Gasteiger partial charge on any atom is -0.495 e. The number of rotatable bonds is 9. The Kier molecular flexibility index (Phi) is 8.29. The maximum absolute atomic E-state index is 13.2. The second kappa shape index (κ2) is 10.5. The molecule has 0 saturated carbocycles. The summed E-state index contributed by atoms with van der Waals surface area (Å²) in [4.78, 5) is 26.8. The minimum atomic E-state index is -3.82. The molecule has 0 unspecified atom stereocenters. The monoisotopic (exact) mass is 467 g/mol. The van der Waals surface area contributed by atoms with Crippen LogP contribution >= 0.6 is 11.6 Å². The van der Waals surface area contributed by atoms with Crippen LogP contribution in [0.25, 0.3) is 0 Å². The Hall–Kier alpha value is -2.78. The van der Waals surface area contributed by atoms with Crippen molar-refractivity contribution in [1.29, 1.82) is 0 Å². The van der Waals surface area contributed by atoms with Crippen LogP contribution in [0.4, 0.5) is 5.69 Å². The number of methoxy groups -OCH3 is 1. The number of hydrogen-bond donors (Lipinski definition) is 1. The van der Waals surface area contributed by atoms with Gasteiger partial charge < -0.3 is 15.0 Å². The molecular formula is C21H26ClN3O5S. The number of nitrogens with zero attached hydrogens (tertiary/aromatic N) is 2. The van der Waals surface area contributed by atoms with Crippen molar-refractivity contribution in [2.75, 3.05) is 31.3 Å². The predicted octanol–water partition coefficient (Wildman–Crippen LogP) is 2.28. The van der Waals surface area contributed by atoms with Crippen molar-refractivity contribution in [2.45, 2.75) is 19.5 Å². The molecule has 8 nitrogen and oxygen atoms in total. The van der Waals surface area contributed by atoms with Crippen LogP contribution in [-0.4, -0.2) is 58.1 Å². The smallest absolute Gasteiger partial charge is 0.244 e. The average Bonchev–Trinajstić information content (AvgIpc) is 2.74. The van der Waals surface area contributed by atoms with Gasteiger partial charge in [0.1, 0.15) is 18.3 Å². The van der Waals surface area contributed by atoms with Crippen LogP contribution in [0, 0.1) is 0 Å². The quantitative estimate of drug-likeness (QED) is 0.610. The molecule has 2 aromatic carbocycles. The van der Waals surface area contributed by atoms with E-state index in [0.717, 1.165) is 16.1 Å². The van der Waals surface area contributed by atoms with Crippen molar-refractivity contribution < 1.29 is 22.7 Å². The van der Waals surface area contributed by atoms with E-state index in [1.807, 2.05) is 30.3 Å². The van der Waals surface area contributed by atoms with Gasteiger partial charge in [0.15, 0.2) is 0 Å². The molecule has 1 atom stereocenters. The van der Waals surface area contributed by atoms with Crippen molar-refractivity contribution >= 4 is 39.1 Å². The molecule has 0 aliphatic rings. The maximum atomic E-state index is 13.2. The molecule has 168 valence electrons. The number of anilines is 1. The molecule has 0 bridgehead atoms. The molecule has 1 N–H and O–H groups in total. The van der Waals surface area contributed by atoms with Crippen LogP contribution in [0.1, 0.15) is 12.5 Å². The summed E-state index contributed by atoms with van der Waals surface area (Å²) in [5, 5.41) is 2.73. The molecule has 0 spiro atoms. The molecule has 10 heteroatoms. The zero-order valence-corrected chi connectivity index (χ0v) is 19.4. The zero-order valence-electron chi connectivity index (χ0n) is 17.8. The van der Waals surface area contributed by atoms with Crippen LogP contribution in [-0.2, 0) is 26.2 Å². The van der Waals surface area contributed by atoms with Gasteiger partial charge in [0.25, 0.3) is 0 Å². The number of halogens is 1. The predicted molar refractivity (Wildman–Crippen MR) is 121 cm³/mol. The van der Waals surface area contributed by atoms with E-state index >= 15 is 0 Å².